The van der Waals surface area contributed by atoms with Gasteiger partial charge in [0.25, 0.3) is 5.91 Å². The molecule has 0 saturated carbocycles. The van der Waals surface area contributed by atoms with Crippen molar-refractivity contribution in [1.29, 1.82) is 0 Å². The lowest BCUT2D eigenvalue weighted by Gasteiger charge is -2.25. The quantitative estimate of drug-likeness (QED) is 0.784. The largest absolute Gasteiger partial charge is 0.347 e. The molecule has 1 aromatic carbocycles. The van der Waals surface area contributed by atoms with E-state index < -0.39 is 21.7 Å². The first-order valence-electron chi connectivity index (χ1n) is 7.77. The highest BCUT2D eigenvalue weighted by molar-refractivity contribution is 7.99. The summed E-state index contributed by atoms with van der Waals surface area (Å²) in [6.07, 6.45) is 0. The van der Waals surface area contributed by atoms with Crippen LogP contribution in [0, 0.1) is 5.82 Å². The van der Waals surface area contributed by atoms with Crippen molar-refractivity contribution in [3.8, 4) is 0 Å². The summed E-state index contributed by atoms with van der Waals surface area (Å²) in [4.78, 5) is 12.7. The molecule has 1 aromatic heterocycles. The van der Waals surface area contributed by atoms with Gasteiger partial charge in [0.2, 0.25) is 10.0 Å². The molecular weight excluding hydrogens is 419 g/mol. The number of amides is 1. The minimum Gasteiger partial charge on any atom is -0.347 e. The third-order valence-corrected chi connectivity index (χ3v) is 8.08. The molecule has 26 heavy (non-hydrogen) atoms. The molecule has 1 saturated heterocycles. The lowest BCUT2D eigenvalue weighted by molar-refractivity contribution is 0.0952. The van der Waals surface area contributed by atoms with Gasteiger partial charge in [-0.15, -0.1) is 11.3 Å². The van der Waals surface area contributed by atoms with Crippen LogP contribution in [0.1, 0.15) is 15.2 Å². The number of nitrogens with one attached hydrogen (secondary N) is 1. The van der Waals surface area contributed by atoms with Crippen LogP contribution in [0.3, 0.4) is 0 Å². The Morgan fingerprint density at radius 1 is 1.27 bits per heavy atom. The van der Waals surface area contributed by atoms with E-state index in [-0.39, 0.29) is 21.3 Å². The van der Waals surface area contributed by atoms with E-state index in [1.54, 1.807) is 17.1 Å². The second kappa shape index (κ2) is 8.26. The van der Waals surface area contributed by atoms with Crippen molar-refractivity contribution in [2.75, 3.05) is 24.6 Å². The van der Waals surface area contributed by atoms with Crippen LogP contribution in [0.15, 0.2) is 34.5 Å². The zero-order valence-corrected chi connectivity index (χ0v) is 16.8. The number of thioether (sulfide) groups is 1. The van der Waals surface area contributed by atoms with Gasteiger partial charge < -0.3 is 5.32 Å². The minimum absolute atomic E-state index is 0.0286. The number of rotatable bonds is 5. The van der Waals surface area contributed by atoms with Crippen molar-refractivity contribution in [2.45, 2.75) is 11.4 Å². The number of nitrogens with zero attached hydrogens (tertiary/aromatic N) is 1. The molecule has 1 fully saturated rings. The average molecular weight is 435 g/mol. The van der Waals surface area contributed by atoms with Crippen LogP contribution in [0.4, 0.5) is 4.39 Å². The summed E-state index contributed by atoms with van der Waals surface area (Å²) >= 11 is 8.52. The molecule has 1 aliphatic rings. The molecule has 2 aromatic rings. The van der Waals surface area contributed by atoms with Gasteiger partial charge in [-0.2, -0.15) is 16.1 Å². The van der Waals surface area contributed by atoms with Crippen molar-refractivity contribution < 1.29 is 17.6 Å². The maximum absolute atomic E-state index is 13.2. The first-order chi connectivity index (χ1) is 12.4. The van der Waals surface area contributed by atoms with Gasteiger partial charge in [0.15, 0.2) is 0 Å². The first kappa shape index (κ1) is 19.6. The Bertz CT molecular complexity index is 911. The zero-order valence-electron chi connectivity index (χ0n) is 13.6. The Balaban J connectivity index is 1.74. The predicted molar refractivity (Wildman–Crippen MR) is 103 cm³/mol. The van der Waals surface area contributed by atoms with Gasteiger partial charge in [0, 0.05) is 31.1 Å². The van der Waals surface area contributed by atoms with Gasteiger partial charge in [0.1, 0.15) is 15.6 Å². The number of hydrogen-bond donors (Lipinski definition) is 1. The Hall–Kier alpha value is -1.13. The normalized spacial score (nSPS) is 15.8. The molecule has 0 unspecified atom stereocenters. The van der Waals surface area contributed by atoms with Crippen LogP contribution < -0.4 is 5.32 Å². The molecule has 0 spiro atoms. The first-order valence-corrected chi connectivity index (χ1v) is 11.6. The van der Waals surface area contributed by atoms with Crippen molar-refractivity contribution in [1.82, 2.24) is 9.62 Å². The number of thiophene rings is 1. The van der Waals surface area contributed by atoms with Gasteiger partial charge >= 0.3 is 0 Å². The second-order valence-corrected chi connectivity index (χ2v) is 10.0. The topological polar surface area (TPSA) is 66.5 Å². The van der Waals surface area contributed by atoms with Gasteiger partial charge in [0.05, 0.1) is 5.02 Å². The average Bonchev–Trinajstić information content (AvgIpc) is 3.14. The Morgan fingerprint density at radius 3 is 2.69 bits per heavy atom. The second-order valence-electron chi connectivity index (χ2n) is 5.56. The highest BCUT2D eigenvalue weighted by atomic mass is 35.5. The fourth-order valence-corrected chi connectivity index (χ4v) is 6.60. The molecule has 0 atom stereocenters. The lowest BCUT2D eigenvalue weighted by atomic mass is 10.2. The SMILES string of the molecule is O=C(NCc1ccc(F)c(Cl)c1)c1sccc1S(=O)(=O)N1CCSCC1. The van der Waals surface area contributed by atoms with Gasteiger partial charge in [-0.3, -0.25) is 4.79 Å². The summed E-state index contributed by atoms with van der Waals surface area (Å²) in [6.45, 7) is 1.01. The van der Waals surface area contributed by atoms with E-state index >= 15 is 0 Å². The zero-order chi connectivity index (χ0) is 18.7. The molecule has 1 amide bonds. The fraction of sp³-hybridized carbons (Fsp3) is 0.312. The van der Waals surface area contributed by atoms with Crippen molar-refractivity contribution >= 4 is 50.6 Å². The highest BCUT2D eigenvalue weighted by Gasteiger charge is 2.31. The molecule has 0 aliphatic carbocycles. The standard InChI is InChI=1S/C16H16ClFN2O3S3/c17-12-9-11(1-2-13(12)18)10-19-16(21)15-14(3-6-25-15)26(22,23)20-4-7-24-8-5-20/h1-3,6,9H,4-5,7-8,10H2,(H,19,21). The van der Waals surface area contributed by atoms with Crippen LogP contribution in [0.5, 0.6) is 0 Å². The Morgan fingerprint density at radius 2 is 2.00 bits per heavy atom. The van der Waals surface area contributed by atoms with Crippen LogP contribution in [-0.2, 0) is 16.6 Å². The van der Waals surface area contributed by atoms with E-state index in [1.165, 1.54) is 28.6 Å². The van der Waals surface area contributed by atoms with Crippen molar-refractivity contribution in [3.63, 3.8) is 0 Å². The van der Waals surface area contributed by atoms with Crippen LogP contribution >= 0.6 is 34.7 Å². The van der Waals surface area contributed by atoms with E-state index in [0.717, 1.165) is 22.8 Å². The van der Waals surface area contributed by atoms with Crippen LogP contribution in [0.25, 0.3) is 0 Å². The number of carbonyl (C=O) groups excluding carboxylic acids is 1. The smallest absolute Gasteiger partial charge is 0.263 e. The molecule has 0 bridgehead atoms. The van der Waals surface area contributed by atoms with Crippen molar-refractivity contribution in [2.24, 2.45) is 0 Å². The fourth-order valence-electron chi connectivity index (χ4n) is 2.50. The monoisotopic (exact) mass is 434 g/mol. The van der Waals surface area contributed by atoms with E-state index in [1.807, 2.05) is 0 Å². The Labute approximate surface area is 164 Å². The summed E-state index contributed by atoms with van der Waals surface area (Å²) in [5, 5.41) is 4.23. The number of sulfonamides is 1. The molecule has 1 N–H and O–H groups in total. The molecule has 3 rings (SSSR count). The lowest BCUT2D eigenvalue weighted by Crippen LogP contribution is -2.38. The summed E-state index contributed by atoms with van der Waals surface area (Å²) in [7, 11) is -3.69. The number of benzene rings is 1. The Kier molecular flexibility index (Phi) is 6.24. The molecule has 5 nitrogen and oxygen atoms in total. The third kappa shape index (κ3) is 4.23. The maximum atomic E-state index is 13.2. The summed E-state index contributed by atoms with van der Waals surface area (Å²) in [6, 6.07) is 5.62. The van der Waals surface area contributed by atoms with Crippen LogP contribution in [-0.4, -0.2) is 43.2 Å². The van der Waals surface area contributed by atoms with E-state index in [2.05, 4.69) is 5.32 Å². The molecular formula is C16H16ClFN2O3S3. The van der Waals surface area contributed by atoms with Gasteiger partial charge in [-0.25, -0.2) is 12.8 Å². The van der Waals surface area contributed by atoms with Gasteiger partial charge in [-0.1, -0.05) is 17.7 Å². The number of halogens is 2. The van der Waals surface area contributed by atoms with E-state index in [4.69, 9.17) is 11.6 Å². The summed E-state index contributed by atoms with van der Waals surface area (Å²) in [5.74, 6) is 0.477. The highest BCUT2D eigenvalue weighted by Crippen LogP contribution is 2.27. The molecule has 10 heteroatoms. The molecule has 140 valence electrons. The third-order valence-electron chi connectivity index (χ3n) is 3.86. The molecule has 2 heterocycles. The predicted octanol–water partition coefficient (Wildman–Crippen LogP) is 3.21. The maximum Gasteiger partial charge on any atom is 0.263 e. The summed E-state index contributed by atoms with van der Waals surface area (Å²) in [5.41, 5.74) is 0.624. The van der Waals surface area contributed by atoms with Crippen LogP contribution in [0.2, 0.25) is 5.02 Å². The van der Waals surface area contributed by atoms with E-state index in [0.29, 0.717) is 18.7 Å². The van der Waals surface area contributed by atoms with E-state index in [9.17, 15) is 17.6 Å². The minimum atomic E-state index is -3.69. The van der Waals surface area contributed by atoms with Crippen molar-refractivity contribution in [3.05, 3.63) is 50.9 Å². The molecule has 0 radical (unpaired) electrons. The number of hydrogen-bond acceptors (Lipinski definition) is 5. The summed E-state index contributed by atoms with van der Waals surface area (Å²) < 4.78 is 40.2. The van der Waals surface area contributed by atoms with Gasteiger partial charge in [-0.05, 0) is 29.1 Å². The number of carbonyl (C=O) groups is 1. The molecule has 1 aliphatic heterocycles.